The summed E-state index contributed by atoms with van der Waals surface area (Å²) >= 11 is 0. The number of carbonyl (C=O) groups excluding carboxylic acids is 2. The summed E-state index contributed by atoms with van der Waals surface area (Å²) in [5.41, 5.74) is 3.00. The van der Waals surface area contributed by atoms with Crippen LogP contribution in [-0.2, 0) is 16.6 Å². The molecule has 2 heterocycles. The zero-order valence-electron chi connectivity index (χ0n) is 13.9. The Morgan fingerprint density at radius 1 is 1.21 bits per heavy atom. The Morgan fingerprint density at radius 2 is 2.00 bits per heavy atom. The van der Waals surface area contributed by atoms with Crippen LogP contribution in [0, 0.1) is 13.8 Å². The molecule has 0 bridgehead atoms. The number of benzene rings is 1. The Labute approximate surface area is 140 Å². The molecule has 0 saturated heterocycles. The minimum Gasteiger partial charge on any atom is -0.304 e. The van der Waals surface area contributed by atoms with Gasteiger partial charge in [0.2, 0.25) is 5.91 Å². The van der Waals surface area contributed by atoms with E-state index in [0.29, 0.717) is 23.6 Å². The summed E-state index contributed by atoms with van der Waals surface area (Å²) in [6.07, 6.45) is 2.31. The van der Waals surface area contributed by atoms with E-state index in [1.807, 2.05) is 32.0 Å². The van der Waals surface area contributed by atoms with E-state index in [1.165, 1.54) is 5.01 Å². The highest BCUT2D eigenvalue weighted by Crippen LogP contribution is 2.25. The van der Waals surface area contributed by atoms with Crippen LogP contribution in [0.3, 0.4) is 0 Å². The van der Waals surface area contributed by atoms with Crippen LogP contribution in [0.5, 0.6) is 0 Å². The van der Waals surface area contributed by atoms with E-state index in [9.17, 15) is 9.59 Å². The van der Waals surface area contributed by atoms with Gasteiger partial charge in [0.05, 0.1) is 5.69 Å². The maximum atomic E-state index is 12.4. The number of anilines is 2. The van der Waals surface area contributed by atoms with Crippen LogP contribution in [0.4, 0.5) is 11.5 Å². The Morgan fingerprint density at radius 3 is 2.71 bits per heavy atom. The van der Waals surface area contributed by atoms with Crippen molar-refractivity contribution in [3.8, 4) is 0 Å². The molecular formula is C17H19N5O2. The van der Waals surface area contributed by atoms with Gasteiger partial charge in [-0.3, -0.25) is 14.3 Å². The molecule has 0 fully saturated rings. The third-order valence-electron chi connectivity index (χ3n) is 3.84. The third-order valence-corrected chi connectivity index (χ3v) is 3.84. The van der Waals surface area contributed by atoms with Crippen LogP contribution in [0.25, 0.3) is 0 Å². The number of aryl methyl sites for hydroxylation is 3. The first kappa shape index (κ1) is 15.9. The van der Waals surface area contributed by atoms with Crippen molar-refractivity contribution in [2.75, 3.05) is 10.3 Å². The molecule has 1 aliphatic rings. The van der Waals surface area contributed by atoms with Gasteiger partial charge >= 0.3 is 0 Å². The number of aromatic nitrogens is 2. The lowest BCUT2D eigenvalue weighted by atomic mass is 10.1. The fourth-order valence-corrected chi connectivity index (χ4v) is 2.52. The maximum absolute atomic E-state index is 12.4. The summed E-state index contributed by atoms with van der Waals surface area (Å²) in [6, 6.07) is 7.52. The van der Waals surface area contributed by atoms with Crippen molar-refractivity contribution in [2.45, 2.75) is 26.7 Å². The summed E-state index contributed by atoms with van der Waals surface area (Å²) in [4.78, 5) is 24.6. The normalized spacial score (nSPS) is 14.5. The van der Waals surface area contributed by atoms with Gasteiger partial charge in [0, 0.05) is 32.2 Å². The molecule has 0 spiro atoms. The van der Waals surface area contributed by atoms with Crippen LogP contribution in [0.1, 0.15) is 24.0 Å². The number of nitrogens with zero attached hydrogens (tertiary/aromatic N) is 4. The number of hydrogen-bond acceptors (Lipinski definition) is 4. The van der Waals surface area contributed by atoms with Gasteiger partial charge in [-0.15, -0.1) is 0 Å². The van der Waals surface area contributed by atoms with Crippen LogP contribution in [-0.4, -0.2) is 27.3 Å². The average Bonchev–Trinajstić information content (AvgIpc) is 2.95. The second-order valence-corrected chi connectivity index (χ2v) is 5.87. The molecule has 2 amide bonds. The monoisotopic (exact) mass is 325 g/mol. The van der Waals surface area contributed by atoms with Crippen molar-refractivity contribution in [3.05, 3.63) is 41.6 Å². The Bertz CT molecular complexity index is 837. The van der Waals surface area contributed by atoms with E-state index in [0.717, 1.165) is 11.1 Å². The van der Waals surface area contributed by atoms with Gasteiger partial charge in [0.1, 0.15) is 5.71 Å². The number of rotatable bonds is 3. The topological polar surface area (TPSA) is 79.6 Å². The smallest absolute Gasteiger partial charge is 0.273 e. The van der Waals surface area contributed by atoms with Crippen molar-refractivity contribution in [1.29, 1.82) is 0 Å². The van der Waals surface area contributed by atoms with E-state index >= 15 is 0 Å². The Kier molecular flexibility index (Phi) is 4.16. The first-order valence-electron chi connectivity index (χ1n) is 7.73. The lowest BCUT2D eigenvalue weighted by molar-refractivity contribution is -0.118. The lowest BCUT2D eigenvalue weighted by Crippen LogP contribution is -2.36. The molecule has 0 saturated carbocycles. The summed E-state index contributed by atoms with van der Waals surface area (Å²) in [5, 5.41) is 12.4. The SMILES string of the molecule is Cc1ccc(C)c(N2N=C(C(=O)Nc3ccn(C)n3)CCC2=O)c1. The molecule has 1 aromatic heterocycles. The van der Waals surface area contributed by atoms with Gasteiger partial charge < -0.3 is 5.32 Å². The van der Waals surface area contributed by atoms with Gasteiger partial charge in [0.25, 0.3) is 5.91 Å². The zero-order chi connectivity index (χ0) is 17.3. The van der Waals surface area contributed by atoms with Crippen molar-refractivity contribution in [2.24, 2.45) is 12.1 Å². The molecule has 1 aromatic carbocycles. The van der Waals surface area contributed by atoms with E-state index in [-0.39, 0.29) is 18.2 Å². The van der Waals surface area contributed by atoms with Crippen molar-refractivity contribution < 1.29 is 9.59 Å². The molecule has 24 heavy (non-hydrogen) atoms. The van der Waals surface area contributed by atoms with E-state index in [1.54, 1.807) is 24.0 Å². The highest BCUT2D eigenvalue weighted by molar-refractivity contribution is 6.44. The van der Waals surface area contributed by atoms with Gasteiger partial charge in [-0.05, 0) is 31.0 Å². The molecule has 0 aliphatic carbocycles. The van der Waals surface area contributed by atoms with Gasteiger partial charge in [-0.25, -0.2) is 5.01 Å². The van der Waals surface area contributed by atoms with Gasteiger partial charge in [0.15, 0.2) is 5.82 Å². The minimum atomic E-state index is -0.337. The molecule has 0 unspecified atom stereocenters. The van der Waals surface area contributed by atoms with E-state index in [2.05, 4.69) is 15.5 Å². The standard InChI is InChI=1S/C17H19N5O2/c1-11-4-5-12(2)14(10-11)22-16(23)7-6-13(19-22)17(24)18-15-8-9-21(3)20-15/h4-5,8-10H,6-7H2,1-3H3,(H,18,20,24). The summed E-state index contributed by atoms with van der Waals surface area (Å²) in [7, 11) is 1.77. The molecule has 1 N–H and O–H groups in total. The summed E-state index contributed by atoms with van der Waals surface area (Å²) < 4.78 is 1.60. The predicted octanol–water partition coefficient (Wildman–Crippen LogP) is 2.16. The zero-order valence-corrected chi connectivity index (χ0v) is 13.9. The lowest BCUT2D eigenvalue weighted by Gasteiger charge is -2.24. The van der Waals surface area contributed by atoms with Crippen molar-refractivity contribution in [3.63, 3.8) is 0 Å². The first-order chi connectivity index (χ1) is 11.4. The largest absolute Gasteiger partial charge is 0.304 e. The number of hydrazone groups is 1. The van der Waals surface area contributed by atoms with Crippen molar-refractivity contribution in [1.82, 2.24) is 9.78 Å². The molecule has 124 valence electrons. The average molecular weight is 325 g/mol. The number of carbonyl (C=O) groups is 2. The van der Waals surface area contributed by atoms with Crippen LogP contribution >= 0.6 is 0 Å². The van der Waals surface area contributed by atoms with E-state index in [4.69, 9.17) is 0 Å². The van der Waals surface area contributed by atoms with Crippen molar-refractivity contribution >= 4 is 29.0 Å². The molecule has 2 aromatic rings. The van der Waals surface area contributed by atoms with Crippen LogP contribution in [0.15, 0.2) is 35.6 Å². The van der Waals surface area contributed by atoms with Crippen LogP contribution in [0.2, 0.25) is 0 Å². The molecule has 1 aliphatic heterocycles. The first-order valence-corrected chi connectivity index (χ1v) is 7.73. The van der Waals surface area contributed by atoms with E-state index < -0.39 is 0 Å². The molecule has 3 rings (SSSR count). The number of nitrogens with one attached hydrogen (secondary N) is 1. The number of hydrogen-bond donors (Lipinski definition) is 1. The predicted molar refractivity (Wildman–Crippen MR) is 91.9 cm³/mol. The summed E-state index contributed by atoms with van der Waals surface area (Å²) in [6.45, 7) is 3.87. The Balaban J connectivity index is 1.87. The fraction of sp³-hybridized carbons (Fsp3) is 0.294. The molecule has 0 atom stereocenters. The molecule has 7 nitrogen and oxygen atoms in total. The van der Waals surface area contributed by atoms with Crippen LogP contribution < -0.4 is 10.3 Å². The van der Waals surface area contributed by atoms with Gasteiger partial charge in [-0.1, -0.05) is 12.1 Å². The Hall–Kier alpha value is -2.96. The number of amides is 2. The third kappa shape index (κ3) is 3.19. The quantitative estimate of drug-likeness (QED) is 0.939. The summed E-state index contributed by atoms with van der Waals surface area (Å²) in [5.74, 6) is 0.00924. The second kappa shape index (κ2) is 6.27. The fourth-order valence-electron chi connectivity index (χ4n) is 2.52. The molecule has 0 radical (unpaired) electrons. The maximum Gasteiger partial charge on any atom is 0.273 e. The molecule has 7 heteroatoms. The molecular weight excluding hydrogens is 306 g/mol. The van der Waals surface area contributed by atoms with Gasteiger partial charge in [-0.2, -0.15) is 10.2 Å². The second-order valence-electron chi connectivity index (χ2n) is 5.87. The highest BCUT2D eigenvalue weighted by Gasteiger charge is 2.26. The minimum absolute atomic E-state index is 0.113. The highest BCUT2D eigenvalue weighted by atomic mass is 16.2.